The van der Waals surface area contributed by atoms with Crippen LogP contribution in [0, 0.1) is 5.41 Å². The minimum Gasteiger partial charge on any atom is -0.363 e. The molecule has 0 aliphatic carbocycles. The lowest BCUT2D eigenvalue weighted by Crippen LogP contribution is -2.35. The number of nitrogens with zero attached hydrogens (tertiary/aromatic N) is 2. The van der Waals surface area contributed by atoms with Gasteiger partial charge in [0.05, 0.1) is 0 Å². The summed E-state index contributed by atoms with van der Waals surface area (Å²) in [6.45, 7) is 11.1. The highest BCUT2D eigenvalue weighted by Gasteiger charge is 2.26. The smallest absolute Gasteiger partial charge is 0.159 e. The van der Waals surface area contributed by atoms with Crippen molar-refractivity contribution in [2.45, 2.75) is 46.6 Å². The highest BCUT2D eigenvalue weighted by molar-refractivity contribution is 6.34. The van der Waals surface area contributed by atoms with Crippen molar-refractivity contribution < 1.29 is 0 Å². The van der Waals surface area contributed by atoms with Gasteiger partial charge in [-0.25, -0.2) is 0 Å². The lowest BCUT2D eigenvalue weighted by Gasteiger charge is -2.33. The molecule has 0 saturated carbocycles. The van der Waals surface area contributed by atoms with Crippen LogP contribution in [0.3, 0.4) is 0 Å². The van der Waals surface area contributed by atoms with Gasteiger partial charge >= 0.3 is 0 Å². The molecule has 0 amide bonds. The molecule has 0 atom stereocenters. The summed E-state index contributed by atoms with van der Waals surface area (Å²) in [5.41, 5.74) is 0.176. The third-order valence-corrected chi connectivity index (χ3v) is 3.35. The first-order valence-corrected chi connectivity index (χ1v) is 7.25. The molecular formula is C16H22ClN3. The molecular weight excluding hydrogens is 270 g/mol. The normalized spacial score (nSPS) is 12.7. The first-order chi connectivity index (χ1) is 9.18. The van der Waals surface area contributed by atoms with Gasteiger partial charge in [-0.3, -0.25) is 0 Å². The van der Waals surface area contributed by atoms with Gasteiger partial charge in [0, 0.05) is 16.3 Å². The second-order valence-electron chi connectivity index (χ2n) is 7.13. The van der Waals surface area contributed by atoms with Crippen molar-refractivity contribution in [3.05, 3.63) is 29.4 Å². The third-order valence-electron chi connectivity index (χ3n) is 3.07. The Morgan fingerprint density at radius 2 is 1.60 bits per heavy atom. The molecule has 2 rings (SSSR count). The molecule has 0 unspecified atom stereocenters. The van der Waals surface area contributed by atoms with Crippen molar-refractivity contribution in [2.24, 2.45) is 5.41 Å². The summed E-state index contributed by atoms with van der Waals surface area (Å²) in [5.74, 6) is 0.791. The van der Waals surface area contributed by atoms with E-state index in [0.29, 0.717) is 5.15 Å². The van der Waals surface area contributed by atoms with Gasteiger partial charge < -0.3 is 5.32 Å². The Balaban J connectivity index is 2.37. The number of nitrogens with one attached hydrogen (secondary N) is 1. The average Bonchev–Trinajstić information content (AvgIpc) is 2.30. The molecule has 0 bridgehead atoms. The standard InChI is InChI=1S/C16H22ClN3/c1-15(2,3)10-16(4,5)18-14-12-9-7-6-8-11(12)13(17)19-20-14/h6-9H,10H2,1-5H3,(H,18,20). The fourth-order valence-corrected chi connectivity index (χ4v) is 3.06. The number of benzene rings is 1. The van der Waals surface area contributed by atoms with Crippen LogP contribution in [0.5, 0.6) is 0 Å². The number of halogens is 1. The Hall–Kier alpha value is -1.35. The number of hydrogen-bond acceptors (Lipinski definition) is 3. The topological polar surface area (TPSA) is 37.8 Å². The number of hydrogen-bond donors (Lipinski definition) is 1. The zero-order valence-corrected chi connectivity index (χ0v) is 13.5. The van der Waals surface area contributed by atoms with Crippen LogP contribution in [0.2, 0.25) is 5.15 Å². The first kappa shape index (κ1) is 15.0. The van der Waals surface area contributed by atoms with Gasteiger partial charge in [-0.15, -0.1) is 10.2 Å². The fourth-order valence-electron chi connectivity index (χ4n) is 2.85. The predicted octanol–water partition coefficient (Wildman–Crippen LogP) is 4.91. The summed E-state index contributed by atoms with van der Waals surface area (Å²) in [6, 6.07) is 7.93. The Morgan fingerprint density at radius 1 is 1.00 bits per heavy atom. The van der Waals surface area contributed by atoms with E-state index in [1.165, 1.54) is 0 Å². The quantitative estimate of drug-likeness (QED) is 0.873. The third kappa shape index (κ3) is 3.60. The minimum absolute atomic E-state index is 0.0659. The van der Waals surface area contributed by atoms with Crippen LogP contribution >= 0.6 is 11.6 Å². The molecule has 0 aliphatic rings. The molecule has 1 N–H and O–H groups in total. The van der Waals surface area contributed by atoms with Gasteiger partial charge in [-0.1, -0.05) is 56.6 Å². The maximum atomic E-state index is 6.11. The van der Waals surface area contributed by atoms with Crippen LogP contribution < -0.4 is 5.32 Å². The van der Waals surface area contributed by atoms with Crippen molar-refractivity contribution in [2.75, 3.05) is 5.32 Å². The monoisotopic (exact) mass is 291 g/mol. The van der Waals surface area contributed by atoms with Crippen molar-refractivity contribution >= 4 is 28.2 Å². The SMILES string of the molecule is CC(C)(C)CC(C)(C)Nc1nnc(Cl)c2ccccc12. The number of rotatable bonds is 3. The van der Waals surface area contributed by atoms with Gasteiger partial charge in [0.25, 0.3) is 0 Å². The van der Waals surface area contributed by atoms with Gasteiger partial charge in [-0.05, 0) is 25.7 Å². The molecule has 1 aromatic carbocycles. The summed E-state index contributed by atoms with van der Waals surface area (Å²) < 4.78 is 0. The molecule has 2 aromatic rings. The van der Waals surface area contributed by atoms with E-state index in [1.54, 1.807) is 0 Å². The second kappa shape index (κ2) is 5.21. The zero-order chi connectivity index (χ0) is 15.0. The van der Waals surface area contributed by atoms with Crippen LogP contribution in [-0.4, -0.2) is 15.7 Å². The summed E-state index contributed by atoms with van der Waals surface area (Å²) in [7, 11) is 0. The van der Waals surface area contributed by atoms with E-state index >= 15 is 0 Å². The van der Waals surface area contributed by atoms with Gasteiger partial charge in [0.1, 0.15) is 0 Å². The summed E-state index contributed by atoms with van der Waals surface area (Å²) >= 11 is 6.11. The van der Waals surface area contributed by atoms with Crippen LogP contribution in [0.15, 0.2) is 24.3 Å². The Bertz CT molecular complexity index is 615. The summed E-state index contributed by atoms with van der Waals surface area (Å²) in [4.78, 5) is 0. The molecule has 0 saturated heterocycles. The van der Waals surface area contributed by atoms with Gasteiger partial charge in [0.15, 0.2) is 11.0 Å². The Labute approximate surface area is 125 Å². The largest absolute Gasteiger partial charge is 0.363 e. The molecule has 108 valence electrons. The molecule has 0 fully saturated rings. The van der Waals surface area contributed by atoms with Gasteiger partial charge in [0.2, 0.25) is 0 Å². The van der Waals surface area contributed by atoms with Crippen molar-refractivity contribution in [3.8, 4) is 0 Å². The lowest BCUT2D eigenvalue weighted by atomic mass is 9.82. The number of anilines is 1. The van der Waals surface area contributed by atoms with Crippen LogP contribution in [0.1, 0.15) is 41.0 Å². The zero-order valence-electron chi connectivity index (χ0n) is 12.8. The molecule has 3 nitrogen and oxygen atoms in total. The van der Waals surface area contributed by atoms with Crippen molar-refractivity contribution in [1.82, 2.24) is 10.2 Å². The maximum absolute atomic E-state index is 6.11. The van der Waals surface area contributed by atoms with E-state index in [0.717, 1.165) is 23.0 Å². The second-order valence-corrected chi connectivity index (χ2v) is 7.49. The van der Waals surface area contributed by atoms with E-state index < -0.39 is 0 Å². The highest BCUT2D eigenvalue weighted by atomic mass is 35.5. The van der Waals surface area contributed by atoms with Crippen molar-refractivity contribution in [1.29, 1.82) is 0 Å². The van der Waals surface area contributed by atoms with Crippen molar-refractivity contribution in [3.63, 3.8) is 0 Å². The lowest BCUT2D eigenvalue weighted by molar-refractivity contribution is 0.302. The summed E-state index contributed by atoms with van der Waals surface area (Å²) in [6.07, 6.45) is 1.03. The number of aromatic nitrogens is 2. The average molecular weight is 292 g/mol. The number of fused-ring (bicyclic) bond motifs is 1. The Morgan fingerprint density at radius 3 is 2.20 bits per heavy atom. The van der Waals surface area contributed by atoms with Crippen LogP contribution in [0.4, 0.5) is 5.82 Å². The van der Waals surface area contributed by atoms with Crippen LogP contribution in [-0.2, 0) is 0 Å². The molecule has 0 spiro atoms. The molecule has 1 aromatic heterocycles. The molecule has 4 heteroatoms. The Kier molecular flexibility index (Phi) is 3.92. The van der Waals surface area contributed by atoms with E-state index in [-0.39, 0.29) is 11.0 Å². The molecule has 20 heavy (non-hydrogen) atoms. The van der Waals surface area contributed by atoms with Crippen LogP contribution in [0.25, 0.3) is 10.8 Å². The van der Waals surface area contributed by atoms with E-state index in [1.807, 2.05) is 24.3 Å². The molecule has 0 aliphatic heterocycles. The van der Waals surface area contributed by atoms with E-state index in [9.17, 15) is 0 Å². The molecule has 1 heterocycles. The van der Waals surface area contributed by atoms with E-state index in [4.69, 9.17) is 11.6 Å². The minimum atomic E-state index is -0.0659. The predicted molar refractivity (Wildman–Crippen MR) is 86.3 cm³/mol. The maximum Gasteiger partial charge on any atom is 0.159 e. The summed E-state index contributed by atoms with van der Waals surface area (Å²) in [5, 5.41) is 14.2. The first-order valence-electron chi connectivity index (χ1n) is 6.87. The van der Waals surface area contributed by atoms with E-state index in [2.05, 4.69) is 50.1 Å². The highest BCUT2D eigenvalue weighted by Crippen LogP contribution is 2.32. The molecule has 0 radical (unpaired) electrons. The fraction of sp³-hybridized carbons (Fsp3) is 0.500. The van der Waals surface area contributed by atoms with Gasteiger partial charge in [-0.2, -0.15) is 0 Å².